The number of anilines is 1. The number of carbonyl (C=O) groups is 1. The van der Waals surface area contributed by atoms with Crippen molar-refractivity contribution >= 4 is 31.0 Å². The molecular weight excluding hydrogens is 574 g/mol. The van der Waals surface area contributed by atoms with E-state index in [-0.39, 0.29) is 24.2 Å². The first-order chi connectivity index (χ1) is 20.9. The van der Waals surface area contributed by atoms with Crippen molar-refractivity contribution < 1.29 is 14.3 Å². The second-order valence-corrected chi connectivity index (χ2v) is 19.7. The van der Waals surface area contributed by atoms with E-state index >= 15 is 0 Å². The van der Waals surface area contributed by atoms with Crippen molar-refractivity contribution in [3.8, 4) is 16.9 Å². The van der Waals surface area contributed by atoms with Crippen LogP contribution in [0, 0.1) is 0 Å². The first-order valence-electron chi connectivity index (χ1n) is 15.5. The highest BCUT2D eigenvalue weighted by Gasteiger charge is 2.45. The highest BCUT2D eigenvalue weighted by atomic mass is 28.3. The molecule has 4 aromatic rings. The van der Waals surface area contributed by atoms with Crippen LogP contribution in [0.3, 0.4) is 0 Å². The Hall–Kier alpha value is -3.84. The van der Waals surface area contributed by atoms with E-state index in [1.807, 2.05) is 65.6 Å². The maximum absolute atomic E-state index is 12.8. The van der Waals surface area contributed by atoms with E-state index in [0.29, 0.717) is 25.0 Å². The van der Waals surface area contributed by atoms with Crippen LogP contribution in [0.15, 0.2) is 43.0 Å². The minimum absolute atomic E-state index is 0.158. The van der Waals surface area contributed by atoms with Gasteiger partial charge in [0.2, 0.25) is 5.95 Å². The average Bonchev–Trinajstić information content (AvgIpc) is 3.69. The highest BCUT2D eigenvalue weighted by Crippen LogP contribution is 2.38. The summed E-state index contributed by atoms with van der Waals surface area (Å²) in [6.07, 6.45) is 10.7. The summed E-state index contributed by atoms with van der Waals surface area (Å²) in [5.41, 5.74) is 2.87. The summed E-state index contributed by atoms with van der Waals surface area (Å²) in [5, 5.41) is 22.6. The Morgan fingerprint density at radius 2 is 1.84 bits per heavy atom. The van der Waals surface area contributed by atoms with Crippen LogP contribution in [0.4, 0.5) is 10.7 Å². The fraction of sp³-hybridized carbons (Fsp3) is 0.548. The quantitative estimate of drug-likeness (QED) is 0.185. The summed E-state index contributed by atoms with van der Waals surface area (Å²) in [4.78, 5) is 19.4. The van der Waals surface area contributed by atoms with Crippen molar-refractivity contribution in [2.24, 2.45) is 0 Å². The zero-order valence-electron chi connectivity index (χ0n) is 26.5. The number of hydrogen-bond donors (Lipinski definition) is 1. The van der Waals surface area contributed by atoms with Gasteiger partial charge in [0.1, 0.15) is 18.0 Å². The number of rotatable bonds is 9. The summed E-state index contributed by atoms with van der Waals surface area (Å²) in [5.74, 6) is 0.486. The van der Waals surface area contributed by atoms with Gasteiger partial charge >= 0.3 is 6.09 Å². The van der Waals surface area contributed by atoms with Crippen LogP contribution in [0.1, 0.15) is 46.5 Å². The van der Waals surface area contributed by atoms with Gasteiger partial charge in [0.25, 0.3) is 0 Å². The zero-order chi connectivity index (χ0) is 31.1. The minimum Gasteiger partial charge on any atom is -0.444 e. The van der Waals surface area contributed by atoms with Gasteiger partial charge in [-0.25, -0.2) is 19.1 Å². The molecule has 3 aromatic heterocycles. The maximum atomic E-state index is 12.8. The molecule has 2 aliphatic heterocycles. The summed E-state index contributed by atoms with van der Waals surface area (Å²) in [6, 6.07) is 7.51. The number of fused-ring (bicyclic) bond motifs is 3. The maximum Gasteiger partial charge on any atom is 0.410 e. The van der Waals surface area contributed by atoms with Crippen LogP contribution in [0.2, 0.25) is 25.7 Å². The number of nitrogens with zero attached hydrogens (tertiary/aromatic N) is 8. The SMILES string of the molecule is CC(C)(C)OC(=O)N1[C@@H]2CC[C@H]1CC(Nc1ncc(-c3ccc(-n4cccn4)c4c3cnn4COCC[Si](C)(C)C)nn1)C2. The van der Waals surface area contributed by atoms with Gasteiger partial charge in [-0.1, -0.05) is 19.6 Å². The Bertz CT molecular complexity index is 1580. The van der Waals surface area contributed by atoms with Crippen molar-refractivity contribution in [3.05, 3.63) is 43.0 Å². The van der Waals surface area contributed by atoms with Crippen LogP contribution in [0.5, 0.6) is 0 Å². The molecule has 5 heterocycles. The van der Waals surface area contributed by atoms with Crippen LogP contribution < -0.4 is 5.32 Å². The molecule has 6 rings (SSSR count). The van der Waals surface area contributed by atoms with E-state index < -0.39 is 13.7 Å². The lowest BCUT2D eigenvalue weighted by molar-refractivity contribution is 0.00681. The lowest BCUT2D eigenvalue weighted by atomic mass is 9.98. The van der Waals surface area contributed by atoms with Crippen molar-refractivity contribution in [2.45, 2.75) is 103 Å². The molecule has 1 aromatic carbocycles. The predicted molar refractivity (Wildman–Crippen MR) is 171 cm³/mol. The molecule has 2 bridgehead atoms. The lowest BCUT2D eigenvalue weighted by Gasteiger charge is -2.39. The number of hydrogen-bond acceptors (Lipinski definition) is 9. The number of carbonyl (C=O) groups excluding carboxylic acids is 1. The third-order valence-electron chi connectivity index (χ3n) is 8.25. The molecule has 44 heavy (non-hydrogen) atoms. The van der Waals surface area contributed by atoms with Crippen LogP contribution in [-0.2, 0) is 16.2 Å². The molecule has 1 unspecified atom stereocenters. The highest BCUT2D eigenvalue weighted by molar-refractivity contribution is 6.76. The summed E-state index contributed by atoms with van der Waals surface area (Å²) >= 11 is 0. The van der Waals surface area contributed by atoms with Crippen molar-refractivity contribution in [1.29, 1.82) is 0 Å². The smallest absolute Gasteiger partial charge is 0.410 e. The molecule has 13 heteroatoms. The average molecular weight is 618 g/mol. The first-order valence-corrected chi connectivity index (χ1v) is 19.2. The van der Waals surface area contributed by atoms with Gasteiger partial charge in [-0.3, -0.25) is 0 Å². The van der Waals surface area contributed by atoms with Gasteiger partial charge in [-0.05, 0) is 70.7 Å². The van der Waals surface area contributed by atoms with E-state index in [0.717, 1.165) is 53.9 Å². The molecule has 234 valence electrons. The van der Waals surface area contributed by atoms with E-state index in [4.69, 9.17) is 9.47 Å². The first kappa shape index (κ1) is 30.2. The third-order valence-corrected chi connectivity index (χ3v) is 9.95. The van der Waals surface area contributed by atoms with Crippen LogP contribution in [-0.4, -0.2) is 84.1 Å². The number of piperidine rings is 1. The molecule has 0 saturated carbocycles. The van der Waals surface area contributed by atoms with Crippen LogP contribution in [0.25, 0.3) is 27.8 Å². The Balaban J connectivity index is 1.18. The molecule has 1 N–H and O–H groups in total. The van der Waals surface area contributed by atoms with Crippen molar-refractivity contribution in [1.82, 2.24) is 39.6 Å². The van der Waals surface area contributed by atoms with Gasteiger partial charge in [-0.15, -0.1) is 10.2 Å². The largest absolute Gasteiger partial charge is 0.444 e. The molecule has 0 radical (unpaired) electrons. The fourth-order valence-corrected chi connectivity index (χ4v) is 6.94. The summed E-state index contributed by atoms with van der Waals surface area (Å²) in [7, 11) is -1.20. The summed E-state index contributed by atoms with van der Waals surface area (Å²) in [6.45, 7) is 13.8. The zero-order valence-corrected chi connectivity index (χ0v) is 27.5. The molecule has 2 aliphatic rings. The molecule has 2 saturated heterocycles. The predicted octanol–water partition coefficient (Wildman–Crippen LogP) is 5.73. The standard InChI is InChI=1S/C31H43N9O3Si/c1-31(2,3)43-30(41)40-22-8-9-23(40)17-21(16-22)35-29-32-19-26(36-37-29)24-10-11-27(38-13-7-12-33-38)28-25(24)18-34-39(28)20-42-14-15-44(4,5)6/h7,10-13,18-19,21-23H,8-9,14-17,20H2,1-6H3,(H,32,35,37)/t21?,22-,23+. The number of benzene rings is 1. The topological polar surface area (TPSA) is 125 Å². The Labute approximate surface area is 259 Å². The van der Waals surface area contributed by atoms with E-state index in [2.05, 4.69) is 50.3 Å². The fourth-order valence-electron chi connectivity index (χ4n) is 6.19. The Morgan fingerprint density at radius 1 is 1.07 bits per heavy atom. The molecule has 0 aliphatic carbocycles. The van der Waals surface area contributed by atoms with E-state index in [9.17, 15) is 4.79 Å². The van der Waals surface area contributed by atoms with E-state index in [1.54, 1.807) is 12.4 Å². The van der Waals surface area contributed by atoms with Crippen molar-refractivity contribution in [3.63, 3.8) is 0 Å². The molecule has 12 nitrogen and oxygen atoms in total. The van der Waals surface area contributed by atoms with Crippen molar-refractivity contribution in [2.75, 3.05) is 11.9 Å². The van der Waals surface area contributed by atoms with Gasteiger partial charge in [0, 0.05) is 56.1 Å². The Morgan fingerprint density at radius 3 is 2.48 bits per heavy atom. The summed E-state index contributed by atoms with van der Waals surface area (Å²) < 4.78 is 15.5. The van der Waals surface area contributed by atoms with E-state index in [1.165, 1.54) is 0 Å². The van der Waals surface area contributed by atoms with Crippen LogP contribution >= 0.6 is 0 Å². The van der Waals surface area contributed by atoms with Gasteiger partial charge in [0.05, 0.1) is 23.6 Å². The lowest BCUT2D eigenvalue weighted by Crippen LogP contribution is -2.51. The number of ether oxygens (including phenoxy) is 2. The number of aromatic nitrogens is 7. The molecule has 3 atom stereocenters. The van der Waals surface area contributed by atoms with Gasteiger partial charge < -0.3 is 19.7 Å². The van der Waals surface area contributed by atoms with Gasteiger partial charge in [0.15, 0.2) is 0 Å². The monoisotopic (exact) mass is 617 g/mol. The normalized spacial score (nSPS) is 20.3. The minimum atomic E-state index is -1.20. The van der Waals surface area contributed by atoms with Gasteiger partial charge in [-0.2, -0.15) is 10.2 Å². The molecule has 0 spiro atoms. The second-order valence-electron chi connectivity index (χ2n) is 14.1. The number of amides is 1. The third kappa shape index (κ3) is 6.63. The molecule has 2 fully saturated rings. The molecular formula is C31H43N9O3Si. The second kappa shape index (κ2) is 11.9. The Kier molecular flexibility index (Phi) is 8.18. The number of nitrogens with one attached hydrogen (secondary N) is 1. The molecule has 1 amide bonds.